The van der Waals surface area contributed by atoms with E-state index in [1.807, 2.05) is 41.4 Å². The Morgan fingerprint density at radius 2 is 1.85 bits per heavy atom. The van der Waals surface area contributed by atoms with Gasteiger partial charge in [0.05, 0.1) is 5.56 Å². The lowest BCUT2D eigenvalue weighted by atomic mass is 9.97. The summed E-state index contributed by atoms with van der Waals surface area (Å²) in [5.41, 5.74) is 2.45. The monoisotopic (exact) mass is 456 g/mol. The van der Waals surface area contributed by atoms with Gasteiger partial charge in [0, 0.05) is 43.2 Å². The van der Waals surface area contributed by atoms with Gasteiger partial charge in [0.2, 0.25) is 5.91 Å². The molecule has 2 aromatic carbocycles. The van der Waals surface area contributed by atoms with Crippen LogP contribution in [0.4, 0.5) is 4.39 Å². The summed E-state index contributed by atoms with van der Waals surface area (Å²) in [6.45, 7) is 1.82. The molecule has 1 N–H and O–H groups in total. The van der Waals surface area contributed by atoms with Gasteiger partial charge in [-0.1, -0.05) is 12.1 Å². The molecule has 172 valence electrons. The number of H-pyrrole nitrogens is 1. The first-order chi connectivity index (χ1) is 16.5. The summed E-state index contributed by atoms with van der Waals surface area (Å²) in [6, 6.07) is 13.2. The maximum Gasteiger partial charge on any atom is 0.256 e. The second kappa shape index (κ2) is 7.01. The summed E-state index contributed by atoms with van der Waals surface area (Å²) < 4.78 is 15.4. The van der Waals surface area contributed by atoms with Crippen LogP contribution in [0.2, 0.25) is 0 Å². The van der Waals surface area contributed by atoms with Crippen molar-refractivity contribution in [2.24, 2.45) is 16.8 Å². The molecule has 7 heteroatoms. The fourth-order valence-corrected chi connectivity index (χ4v) is 5.30. The molecule has 1 spiro atoms. The molecule has 0 radical (unpaired) electrons. The van der Waals surface area contributed by atoms with Crippen LogP contribution in [0.5, 0.6) is 0 Å². The highest BCUT2D eigenvalue weighted by molar-refractivity contribution is 6.16. The molecular formula is C27H25FN4O2. The van der Waals surface area contributed by atoms with Gasteiger partial charge in [-0.2, -0.15) is 0 Å². The highest BCUT2D eigenvalue weighted by Gasteiger charge is 2.58. The Labute approximate surface area is 196 Å². The van der Waals surface area contributed by atoms with Gasteiger partial charge in [-0.25, -0.2) is 4.39 Å². The van der Waals surface area contributed by atoms with Crippen LogP contribution in [0.15, 0.2) is 53.7 Å². The van der Waals surface area contributed by atoms with Crippen LogP contribution in [-0.2, 0) is 9.59 Å². The van der Waals surface area contributed by atoms with Crippen LogP contribution >= 0.6 is 0 Å². The number of rotatable bonds is 5. The summed E-state index contributed by atoms with van der Waals surface area (Å²) in [7, 11) is 0. The number of aromatic nitrogens is 1. The first-order valence-corrected chi connectivity index (χ1v) is 12.1. The van der Waals surface area contributed by atoms with Crippen molar-refractivity contribution in [1.82, 2.24) is 14.8 Å². The molecular weight excluding hydrogens is 431 g/mol. The second-order valence-corrected chi connectivity index (χ2v) is 10.2. The molecule has 3 heterocycles. The fourth-order valence-electron chi connectivity index (χ4n) is 5.30. The van der Waals surface area contributed by atoms with Crippen LogP contribution < -0.4 is 0 Å². The molecule has 1 aromatic heterocycles. The molecule has 2 saturated carbocycles. The summed E-state index contributed by atoms with van der Waals surface area (Å²) >= 11 is 0. The largest absolute Gasteiger partial charge is 0.361 e. The van der Waals surface area contributed by atoms with Gasteiger partial charge >= 0.3 is 0 Å². The predicted octanol–water partition coefficient (Wildman–Crippen LogP) is 3.96. The Balaban J connectivity index is 1.14. The number of benzene rings is 2. The average molecular weight is 457 g/mol. The number of halogens is 1. The van der Waals surface area contributed by atoms with Crippen molar-refractivity contribution >= 4 is 28.6 Å². The number of nitrogens with zero attached hydrogens (tertiary/aromatic N) is 3. The first-order valence-electron chi connectivity index (χ1n) is 12.1. The van der Waals surface area contributed by atoms with Gasteiger partial charge < -0.3 is 9.88 Å². The summed E-state index contributed by atoms with van der Waals surface area (Å²) in [5, 5.41) is 1.07. The third-order valence-electron chi connectivity index (χ3n) is 7.68. The van der Waals surface area contributed by atoms with Crippen molar-refractivity contribution in [3.63, 3.8) is 0 Å². The minimum absolute atomic E-state index is 0.0177. The van der Waals surface area contributed by atoms with Gasteiger partial charge in [-0.15, -0.1) is 0 Å². The number of aromatic amines is 1. The van der Waals surface area contributed by atoms with E-state index in [0.29, 0.717) is 31.0 Å². The van der Waals surface area contributed by atoms with Crippen molar-refractivity contribution < 1.29 is 14.0 Å². The third kappa shape index (κ3) is 3.10. The van der Waals surface area contributed by atoms with Gasteiger partial charge in [0.15, 0.2) is 0 Å². The number of amidine groups is 1. The zero-order valence-electron chi connectivity index (χ0n) is 18.8. The lowest BCUT2D eigenvalue weighted by molar-refractivity contribution is -0.139. The molecule has 1 saturated heterocycles. The minimum Gasteiger partial charge on any atom is -0.361 e. The lowest BCUT2D eigenvalue weighted by Gasteiger charge is -2.41. The Kier molecular flexibility index (Phi) is 4.11. The number of amides is 2. The van der Waals surface area contributed by atoms with Crippen molar-refractivity contribution in [3.05, 3.63) is 60.0 Å². The maximum atomic E-state index is 15.4. The van der Waals surface area contributed by atoms with Crippen molar-refractivity contribution in [2.45, 2.75) is 31.2 Å². The molecule has 6 nitrogen and oxygen atoms in total. The summed E-state index contributed by atoms with van der Waals surface area (Å²) in [5.74, 6) is 0.722. The van der Waals surface area contributed by atoms with Gasteiger partial charge in [0.1, 0.15) is 17.2 Å². The predicted molar refractivity (Wildman–Crippen MR) is 127 cm³/mol. The van der Waals surface area contributed by atoms with E-state index >= 15 is 4.39 Å². The number of hydrogen-bond donors (Lipinski definition) is 1. The van der Waals surface area contributed by atoms with E-state index < -0.39 is 5.54 Å². The Hall–Kier alpha value is -3.48. The van der Waals surface area contributed by atoms with E-state index in [-0.39, 0.29) is 29.5 Å². The number of carbonyl (C=O) groups excluding carboxylic acids is 2. The fraction of sp³-hybridized carbons (Fsp3) is 0.370. The average Bonchev–Trinajstić information content (AvgIpc) is 3.72. The third-order valence-corrected chi connectivity index (χ3v) is 7.68. The van der Waals surface area contributed by atoms with Crippen LogP contribution in [0, 0.1) is 17.7 Å². The van der Waals surface area contributed by atoms with Gasteiger partial charge in [-0.3, -0.25) is 19.5 Å². The van der Waals surface area contributed by atoms with Gasteiger partial charge in [-0.05, 0) is 72.5 Å². The molecule has 0 unspecified atom stereocenters. The Morgan fingerprint density at radius 3 is 2.59 bits per heavy atom. The van der Waals surface area contributed by atoms with Crippen molar-refractivity contribution in [1.29, 1.82) is 0 Å². The maximum absolute atomic E-state index is 15.4. The Bertz CT molecular complexity index is 1380. The van der Waals surface area contributed by atoms with Crippen LogP contribution in [0.25, 0.3) is 22.0 Å². The molecule has 3 fully saturated rings. The topological polar surface area (TPSA) is 68.8 Å². The number of fused-ring (bicyclic) bond motifs is 1. The molecule has 2 aliphatic carbocycles. The highest BCUT2D eigenvalue weighted by Crippen LogP contribution is 2.46. The number of aliphatic imine (C=N–C) groups is 1. The van der Waals surface area contributed by atoms with E-state index in [1.54, 1.807) is 11.0 Å². The molecule has 2 aliphatic heterocycles. The number of likely N-dealkylation sites (tertiary alicyclic amines) is 1. The molecule has 3 aromatic rings. The lowest BCUT2D eigenvalue weighted by Crippen LogP contribution is -2.55. The zero-order chi connectivity index (χ0) is 23.0. The van der Waals surface area contributed by atoms with Crippen LogP contribution in [-0.4, -0.2) is 57.6 Å². The van der Waals surface area contributed by atoms with Crippen LogP contribution in [0.3, 0.4) is 0 Å². The SMILES string of the molecule is O=C(C1CC1)N1CC(CN2C(=O)C3(CC3)N=C2c2ccc(-c3ccc4[nH]ccc4c3)cc2F)C1. The molecule has 34 heavy (non-hydrogen) atoms. The first kappa shape index (κ1) is 19.9. The summed E-state index contributed by atoms with van der Waals surface area (Å²) in [6.07, 6.45) is 5.33. The van der Waals surface area contributed by atoms with Gasteiger partial charge in [0.25, 0.3) is 5.91 Å². The standard InChI is InChI=1S/C27H25FN4O2/c28-22-12-19(18-4-6-23-20(11-18)7-10-29-23)3-5-21(22)24-30-27(8-9-27)26(34)32(24)15-16-13-31(14-16)25(33)17-1-2-17/h3-7,10-12,16-17,29H,1-2,8-9,13-15H2. The van der Waals surface area contributed by atoms with E-state index in [1.165, 1.54) is 6.07 Å². The summed E-state index contributed by atoms with van der Waals surface area (Å²) in [4.78, 5) is 36.9. The minimum atomic E-state index is -0.687. The molecule has 2 amide bonds. The van der Waals surface area contributed by atoms with E-state index in [4.69, 9.17) is 4.99 Å². The molecule has 4 aliphatic rings. The quantitative estimate of drug-likeness (QED) is 0.631. The van der Waals surface area contributed by atoms with E-state index in [0.717, 1.165) is 47.7 Å². The molecule has 7 rings (SSSR count). The zero-order valence-corrected chi connectivity index (χ0v) is 18.8. The number of hydrogen-bond acceptors (Lipinski definition) is 3. The highest BCUT2D eigenvalue weighted by atomic mass is 19.1. The Morgan fingerprint density at radius 1 is 1.09 bits per heavy atom. The van der Waals surface area contributed by atoms with Crippen LogP contribution in [0.1, 0.15) is 31.2 Å². The molecule has 0 atom stereocenters. The van der Waals surface area contributed by atoms with E-state index in [2.05, 4.69) is 4.98 Å². The van der Waals surface area contributed by atoms with Crippen molar-refractivity contribution in [3.8, 4) is 11.1 Å². The smallest absolute Gasteiger partial charge is 0.256 e. The number of nitrogens with one attached hydrogen (secondary N) is 1. The second-order valence-electron chi connectivity index (χ2n) is 10.2. The molecule has 0 bridgehead atoms. The normalized spacial score (nSPS) is 21.3. The number of carbonyl (C=O) groups is 2. The van der Waals surface area contributed by atoms with Crippen molar-refractivity contribution in [2.75, 3.05) is 19.6 Å². The van der Waals surface area contributed by atoms with E-state index in [9.17, 15) is 9.59 Å².